The van der Waals surface area contributed by atoms with Crippen molar-refractivity contribution in [1.82, 2.24) is 19.8 Å². The number of likely N-dealkylation sites (tertiary alicyclic amines) is 1. The van der Waals surface area contributed by atoms with Crippen LogP contribution in [0.2, 0.25) is 0 Å². The highest BCUT2D eigenvalue weighted by Gasteiger charge is 2.35. The molecule has 8 nitrogen and oxygen atoms in total. The molecule has 0 spiro atoms. The predicted molar refractivity (Wildman–Crippen MR) is 132 cm³/mol. The molecule has 10 heteroatoms. The predicted octanol–water partition coefficient (Wildman–Crippen LogP) is 1.76. The van der Waals surface area contributed by atoms with E-state index in [4.69, 9.17) is 0 Å². The fourth-order valence-corrected chi connectivity index (χ4v) is 6.28. The maximum Gasteiger partial charge on any atom is 0.251 e. The van der Waals surface area contributed by atoms with Gasteiger partial charge in [0.25, 0.3) is 5.56 Å². The minimum Gasteiger partial charge on any atom is -0.391 e. The third-order valence-corrected chi connectivity index (χ3v) is 8.20. The molecule has 5 heterocycles. The van der Waals surface area contributed by atoms with Crippen LogP contribution in [0.4, 0.5) is 10.2 Å². The Morgan fingerprint density at radius 2 is 2.00 bits per heavy atom. The van der Waals surface area contributed by atoms with E-state index in [1.54, 1.807) is 16.7 Å². The van der Waals surface area contributed by atoms with Gasteiger partial charge in [0.05, 0.1) is 28.0 Å². The van der Waals surface area contributed by atoms with Crippen molar-refractivity contribution in [3.63, 3.8) is 0 Å². The van der Waals surface area contributed by atoms with Crippen molar-refractivity contribution in [2.75, 3.05) is 37.2 Å². The lowest BCUT2D eigenvalue weighted by molar-refractivity contribution is -0.113. The smallest absolute Gasteiger partial charge is 0.251 e. The van der Waals surface area contributed by atoms with E-state index < -0.39 is 6.10 Å². The number of nitrogens with one attached hydrogen (secondary N) is 2. The van der Waals surface area contributed by atoms with Crippen LogP contribution in [-0.2, 0) is 17.9 Å². The molecular weight excluding hydrogens is 469 g/mol. The topological polar surface area (TPSA) is 99.5 Å². The summed E-state index contributed by atoms with van der Waals surface area (Å²) in [5.41, 5.74) is 2.03. The lowest BCUT2D eigenvalue weighted by Crippen LogP contribution is -2.31. The molecular formula is C25H26FN5O3S. The number of aromatic nitrogens is 2. The summed E-state index contributed by atoms with van der Waals surface area (Å²) in [4.78, 5) is 31.7. The first-order valence-corrected chi connectivity index (χ1v) is 12.8. The summed E-state index contributed by atoms with van der Waals surface area (Å²) in [7, 11) is 0. The Hall–Kier alpha value is -2.79. The first-order valence-electron chi connectivity index (χ1n) is 11.8. The molecule has 0 radical (unpaired) electrons. The van der Waals surface area contributed by atoms with Gasteiger partial charge < -0.3 is 20.3 Å². The van der Waals surface area contributed by atoms with E-state index in [1.165, 1.54) is 23.9 Å². The number of anilines is 1. The maximum atomic E-state index is 14.8. The van der Waals surface area contributed by atoms with Crippen LogP contribution >= 0.6 is 11.8 Å². The van der Waals surface area contributed by atoms with Gasteiger partial charge in [-0.05, 0) is 35.7 Å². The molecule has 3 aliphatic heterocycles. The van der Waals surface area contributed by atoms with Gasteiger partial charge in [0.2, 0.25) is 5.91 Å². The Morgan fingerprint density at radius 1 is 1.14 bits per heavy atom. The number of β-amino-alcohol motifs (C(OH)–C–C–N with tert-alkyl or cyclic N) is 1. The summed E-state index contributed by atoms with van der Waals surface area (Å²) in [6, 6.07) is 10.4. The van der Waals surface area contributed by atoms with Gasteiger partial charge in [0, 0.05) is 62.7 Å². The van der Waals surface area contributed by atoms with Gasteiger partial charge in [-0.1, -0.05) is 0 Å². The van der Waals surface area contributed by atoms with Crippen molar-refractivity contribution >= 4 is 34.4 Å². The Balaban J connectivity index is 1.08. The van der Waals surface area contributed by atoms with Crippen LogP contribution in [0, 0.1) is 11.7 Å². The van der Waals surface area contributed by atoms with Crippen LogP contribution in [0.5, 0.6) is 0 Å². The van der Waals surface area contributed by atoms with Gasteiger partial charge in [-0.3, -0.25) is 14.5 Å². The summed E-state index contributed by atoms with van der Waals surface area (Å²) in [5, 5.41) is 17.7. The van der Waals surface area contributed by atoms with E-state index >= 15 is 0 Å². The molecule has 1 saturated heterocycles. The number of pyridine rings is 2. The highest BCUT2D eigenvalue weighted by atomic mass is 32.2. The first-order chi connectivity index (χ1) is 17.0. The number of amides is 1. The fraction of sp³-hybridized carbons (Fsp3) is 0.400. The van der Waals surface area contributed by atoms with E-state index in [1.807, 2.05) is 12.1 Å². The normalized spacial score (nSPS) is 23.6. The quantitative estimate of drug-likeness (QED) is 0.479. The fourth-order valence-electron chi connectivity index (χ4n) is 5.52. The number of hydrogen-bond acceptors (Lipinski definition) is 7. The molecule has 35 heavy (non-hydrogen) atoms. The van der Waals surface area contributed by atoms with Crippen molar-refractivity contribution in [2.24, 2.45) is 5.92 Å². The second-order valence-electron chi connectivity index (χ2n) is 9.54. The van der Waals surface area contributed by atoms with Crippen molar-refractivity contribution in [2.45, 2.75) is 30.0 Å². The highest BCUT2D eigenvalue weighted by Crippen LogP contribution is 2.36. The number of nitrogens with zero attached hydrogens (tertiary/aromatic N) is 3. The van der Waals surface area contributed by atoms with Crippen molar-refractivity contribution in [3.8, 4) is 0 Å². The van der Waals surface area contributed by atoms with E-state index in [0.29, 0.717) is 61.9 Å². The summed E-state index contributed by atoms with van der Waals surface area (Å²) < 4.78 is 16.5. The average molecular weight is 496 g/mol. The number of carbonyl (C=O) groups is 1. The number of aliphatic hydroxyl groups excluding tert-OH is 1. The molecule has 1 unspecified atom stereocenters. The maximum absolute atomic E-state index is 14.8. The number of aliphatic hydroxyl groups is 1. The van der Waals surface area contributed by atoms with Gasteiger partial charge in [-0.25, -0.2) is 9.37 Å². The zero-order valence-electron chi connectivity index (χ0n) is 19.0. The summed E-state index contributed by atoms with van der Waals surface area (Å²) >= 11 is 1.48. The minimum absolute atomic E-state index is 0.0371. The molecule has 3 aliphatic rings. The summed E-state index contributed by atoms with van der Waals surface area (Å²) in [5.74, 6) is 0.616. The number of carbonyl (C=O) groups excluding carboxylic acids is 1. The lowest BCUT2D eigenvalue weighted by atomic mass is 9.98. The zero-order chi connectivity index (χ0) is 24.1. The average Bonchev–Trinajstić information content (AvgIpc) is 3.39. The molecule has 3 N–H and O–H groups in total. The third-order valence-electron chi connectivity index (χ3n) is 7.15. The summed E-state index contributed by atoms with van der Waals surface area (Å²) in [6.45, 7) is 3.41. The third kappa shape index (κ3) is 4.24. The SMILES string of the molecule is O=C1CSc2ccc(CNC[C@H]3CN(CC4Cn5c(=O)ccc6ccc(F)c4c65)C[C@H]3O)nc2N1. The van der Waals surface area contributed by atoms with E-state index in [2.05, 4.69) is 20.5 Å². The first kappa shape index (κ1) is 22.7. The standard InChI is InChI=1S/C25H26FN5O3S/c26-18-4-1-14-2-6-22(34)31-11-16(23(18)24(14)31)10-30-9-15(19(32)12-30)7-27-8-17-3-5-20-25(28-17)29-21(33)13-35-20/h1-6,15-16,19,27,32H,7-13H2,(H,28,29,33)/t15-,16?,19+/m0/s1. The zero-order valence-corrected chi connectivity index (χ0v) is 19.9. The van der Waals surface area contributed by atoms with E-state index in [-0.39, 0.29) is 29.1 Å². The number of rotatable bonds is 6. The molecule has 3 aromatic rings. The van der Waals surface area contributed by atoms with E-state index in [0.717, 1.165) is 16.0 Å². The van der Waals surface area contributed by atoms with Gasteiger partial charge in [0.1, 0.15) is 11.6 Å². The molecule has 3 atom stereocenters. The molecule has 6 rings (SSSR count). The molecule has 2 aromatic heterocycles. The molecule has 1 amide bonds. The highest BCUT2D eigenvalue weighted by molar-refractivity contribution is 8.00. The number of halogens is 1. The number of thioether (sulfide) groups is 1. The second kappa shape index (κ2) is 9.02. The largest absolute Gasteiger partial charge is 0.391 e. The Kier molecular flexibility index (Phi) is 5.84. The monoisotopic (exact) mass is 495 g/mol. The second-order valence-corrected chi connectivity index (χ2v) is 10.6. The van der Waals surface area contributed by atoms with Crippen molar-refractivity contribution in [3.05, 3.63) is 63.8 Å². The van der Waals surface area contributed by atoms with Gasteiger partial charge in [-0.2, -0.15) is 0 Å². The van der Waals surface area contributed by atoms with Crippen LogP contribution in [-0.4, -0.2) is 63.5 Å². The Bertz CT molecular complexity index is 1380. The van der Waals surface area contributed by atoms with Crippen molar-refractivity contribution in [1.29, 1.82) is 0 Å². The number of benzene rings is 1. The van der Waals surface area contributed by atoms with Crippen molar-refractivity contribution < 1.29 is 14.3 Å². The Morgan fingerprint density at radius 3 is 2.89 bits per heavy atom. The van der Waals surface area contributed by atoms with E-state index in [9.17, 15) is 19.1 Å². The van der Waals surface area contributed by atoms with Crippen LogP contribution in [0.25, 0.3) is 10.9 Å². The molecule has 182 valence electrons. The molecule has 0 bridgehead atoms. The van der Waals surface area contributed by atoms with Crippen LogP contribution < -0.4 is 16.2 Å². The van der Waals surface area contributed by atoms with Gasteiger partial charge >= 0.3 is 0 Å². The Labute approximate surface area is 205 Å². The van der Waals surface area contributed by atoms with Crippen LogP contribution in [0.3, 0.4) is 0 Å². The summed E-state index contributed by atoms with van der Waals surface area (Å²) in [6.07, 6.45) is -0.484. The number of fused-ring (bicyclic) bond motifs is 1. The van der Waals surface area contributed by atoms with Gasteiger partial charge in [-0.15, -0.1) is 11.8 Å². The molecule has 1 fully saturated rings. The molecule has 1 aromatic carbocycles. The minimum atomic E-state index is -0.484. The molecule has 0 aliphatic carbocycles. The number of hydrogen-bond donors (Lipinski definition) is 3. The van der Waals surface area contributed by atoms with Gasteiger partial charge in [0.15, 0.2) is 0 Å². The van der Waals surface area contributed by atoms with Crippen LogP contribution in [0.15, 0.2) is 46.1 Å². The van der Waals surface area contributed by atoms with Crippen LogP contribution in [0.1, 0.15) is 17.2 Å². The lowest BCUT2D eigenvalue weighted by Gasteiger charge is -2.21. The molecule has 0 saturated carbocycles.